The number of nitrogens with zero attached hydrogens (tertiary/aromatic N) is 1. The zero-order valence-electron chi connectivity index (χ0n) is 32.5. The molecular weight excluding hydrogens is 638 g/mol. The summed E-state index contributed by atoms with van der Waals surface area (Å²) >= 11 is 0. The van der Waals surface area contributed by atoms with Crippen molar-refractivity contribution >= 4 is 23.8 Å². The van der Waals surface area contributed by atoms with Gasteiger partial charge in [-0.2, -0.15) is 0 Å². The first-order valence-electron chi connectivity index (χ1n) is 17.9. The molecule has 0 aromatic heterocycles. The molecule has 0 amide bonds. The van der Waals surface area contributed by atoms with Gasteiger partial charge in [0.25, 0.3) is 0 Å². The standard InChI is InChI=1S/C44H59NO6/c1-31(21-23-37-35(5)19-13-27-43(37,7)8)15-11-17-33(3)29-41(47)50-39(45-49)25-26-40(46)51-42(48)30-34(4)18-12-16-32(2)22-24-38-36(6)20-14-28-44(38,9)10/h11-12,15-18,21-24,29-30,49H,13-14,19-20,25-28H2,1-10H3/b17-11+,18-12+,23-21+,24-22+,31-15+,32-16+,33-29+,34-30+,45-39-. The minimum Gasteiger partial charge on any atom is -0.408 e. The van der Waals surface area contributed by atoms with Gasteiger partial charge in [-0.3, -0.25) is 4.79 Å². The highest BCUT2D eigenvalue weighted by Crippen LogP contribution is 2.41. The number of carbonyl (C=O) groups is 3. The number of rotatable bonds is 13. The van der Waals surface area contributed by atoms with Crippen LogP contribution in [0.4, 0.5) is 0 Å². The molecule has 0 saturated heterocycles. The SMILES string of the molecule is CC1=C(/C=C/C(C)=C/C=C/C(C)=C/C(=O)OC(=O)CC/C(=N/O)OC(=O)/C=C(C)/C=C/C=C(C)/C=C/C2=C(C)CCCC2(C)C)C(C)(C)CCC1. The van der Waals surface area contributed by atoms with E-state index in [4.69, 9.17) is 9.47 Å². The van der Waals surface area contributed by atoms with Crippen LogP contribution < -0.4 is 0 Å². The van der Waals surface area contributed by atoms with Gasteiger partial charge < -0.3 is 14.7 Å². The van der Waals surface area contributed by atoms with Gasteiger partial charge in [-0.25, -0.2) is 9.59 Å². The molecule has 0 aromatic carbocycles. The van der Waals surface area contributed by atoms with Crippen LogP contribution in [0.3, 0.4) is 0 Å². The van der Waals surface area contributed by atoms with E-state index in [2.05, 4.69) is 71.0 Å². The molecule has 51 heavy (non-hydrogen) atoms. The normalized spacial score (nSPS) is 19.6. The molecule has 0 atom stereocenters. The third kappa shape index (κ3) is 15.5. The predicted octanol–water partition coefficient (Wildman–Crippen LogP) is 11.2. The molecule has 2 aliphatic carbocycles. The molecule has 2 aliphatic rings. The van der Waals surface area contributed by atoms with E-state index in [0.717, 1.165) is 24.0 Å². The largest absolute Gasteiger partial charge is 0.408 e. The minimum atomic E-state index is -0.842. The maximum Gasteiger partial charge on any atom is 0.338 e. The van der Waals surface area contributed by atoms with Crippen LogP contribution in [0, 0.1) is 10.8 Å². The number of allylic oxidation sites excluding steroid dienone is 18. The van der Waals surface area contributed by atoms with Crippen molar-refractivity contribution < 1.29 is 29.1 Å². The Morgan fingerprint density at radius 2 is 1.10 bits per heavy atom. The van der Waals surface area contributed by atoms with E-state index < -0.39 is 17.9 Å². The van der Waals surface area contributed by atoms with Crippen LogP contribution in [-0.4, -0.2) is 29.0 Å². The number of hydrogen-bond donors (Lipinski definition) is 1. The highest BCUT2D eigenvalue weighted by atomic mass is 16.6. The van der Waals surface area contributed by atoms with E-state index >= 15 is 0 Å². The van der Waals surface area contributed by atoms with Gasteiger partial charge in [-0.15, -0.1) is 0 Å². The van der Waals surface area contributed by atoms with Gasteiger partial charge in [0.2, 0.25) is 5.90 Å². The lowest BCUT2D eigenvalue weighted by molar-refractivity contribution is -0.156. The number of esters is 3. The molecule has 0 aliphatic heterocycles. The molecule has 0 aromatic rings. The summed E-state index contributed by atoms with van der Waals surface area (Å²) in [6.07, 6.45) is 28.8. The molecule has 0 radical (unpaired) electrons. The number of carbonyl (C=O) groups excluding carboxylic acids is 3. The second kappa shape index (κ2) is 20.4. The van der Waals surface area contributed by atoms with E-state index in [1.54, 1.807) is 26.0 Å². The Labute approximate surface area is 306 Å². The molecule has 0 heterocycles. The highest BCUT2D eigenvalue weighted by molar-refractivity contribution is 5.97. The number of hydrogen-bond acceptors (Lipinski definition) is 7. The maximum atomic E-state index is 12.4. The van der Waals surface area contributed by atoms with Crippen molar-refractivity contribution in [3.05, 3.63) is 117 Å². The van der Waals surface area contributed by atoms with Gasteiger partial charge in [0.15, 0.2) is 0 Å². The van der Waals surface area contributed by atoms with E-state index in [1.165, 1.54) is 60.1 Å². The Kier molecular flexibility index (Phi) is 17.0. The molecule has 1 N–H and O–H groups in total. The van der Waals surface area contributed by atoms with E-state index in [0.29, 0.717) is 11.1 Å². The van der Waals surface area contributed by atoms with Crippen molar-refractivity contribution in [2.45, 2.75) is 121 Å². The summed E-state index contributed by atoms with van der Waals surface area (Å²) in [6, 6.07) is 0. The lowest BCUT2D eigenvalue weighted by atomic mass is 9.72. The lowest BCUT2D eigenvalue weighted by Gasteiger charge is -2.33. The first-order valence-corrected chi connectivity index (χ1v) is 17.9. The topological polar surface area (TPSA) is 102 Å². The van der Waals surface area contributed by atoms with Crippen LogP contribution in [0.15, 0.2) is 123 Å². The van der Waals surface area contributed by atoms with Crippen LogP contribution in [-0.2, 0) is 23.9 Å². The van der Waals surface area contributed by atoms with E-state index in [1.807, 2.05) is 38.2 Å². The van der Waals surface area contributed by atoms with Gasteiger partial charge in [0, 0.05) is 18.6 Å². The molecule has 7 nitrogen and oxygen atoms in total. The molecule has 0 fully saturated rings. The van der Waals surface area contributed by atoms with Gasteiger partial charge >= 0.3 is 17.9 Å². The summed E-state index contributed by atoms with van der Waals surface area (Å²) in [5.41, 5.74) is 9.41. The minimum absolute atomic E-state index is 0.177. The van der Waals surface area contributed by atoms with Crippen molar-refractivity contribution in [3.63, 3.8) is 0 Å². The van der Waals surface area contributed by atoms with Crippen molar-refractivity contribution in [1.29, 1.82) is 0 Å². The summed E-state index contributed by atoms with van der Waals surface area (Å²) in [4.78, 5) is 36.8. The van der Waals surface area contributed by atoms with Crippen LogP contribution in [0.1, 0.15) is 121 Å². The monoisotopic (exact) mass is 697 g/mol. The molecule has 0 saturated carbocycles. The average Bonchev–Trinajstić information content (AvgIpc) is 3.01. The van der Waals surface area contributed by atoms with E-state index in [9.17, 15) is 19.6 Å². The summed E-state index contributed by atoms with van der Waals surface area (Å²) < 4.78 is 9.92. The second-order valence-electron chi connectivity index (χ2n) is 15.1. The van der Waals surface area contributed by atoms with Crippen molar-refractivity contribution in [2.75, 3.05) is 0 Å². The Balaban J connectivity index is 1.83. The molecule has 2 rings (SSSR count). The van der Waals surface area contributed by atoms with E-state index in [-0.39, 0.29) is 29.6 Å². The van der Waals surface area contributed by atoms with Crippen molar-refractivity contribution in [3.8, 4) is 0 Å². The molecule has 0 spiro atoms. The van der Waals surface area contributed by atoms with Gasteiger partial charge in [0.1, 0.15) is 0 Å². The smallest absolute Gasteiger partial charge is 0.338 e. The Bertz CT molecular complexity index is 1640. The third-order valence-corrected chi connectivity index (χ3v) is 9.33. The summed E-state index contributed by atoms with van der Waals surface area (Å²) in [5.74, 6) is -2.78. The Morgan fingerprint density at radius 1 is 0.667 bits per heavy atom. The van der Waals surface area contributed by atoms with Crippen molar-refractivity contribution in [1.82, 2.24) is 0 Å². The van der Waals surface area contributed by atoms with Crippen LogP contribution in [0.25, 0.3) is 0 Å². The first kappa shape index (κ1) is 42.6. The average molecular weight is 698 g/mol. The maximum absolute atomic E-state index is 12.4. The fraction of sp³-hybridized carbons (Fsp3) is 0.455. The third-order valence-electron chi connectivity index (χ3n) is 9.33. The van der Waals surface area contributed by atoms with Crippen molar-refractivity contribution in [2.24, 2.45) is 16.0 Å². The predicted molar refractivity (Wildman–Crippen MR) is 208 cm³/mol. The zero-order chi connectivity index (χ0) is 38.2. The summed E-state index contributed by atoms with van der Waals surface area (Å²) in [6.45, 7) is 21.1. The molecule has 276 valence electrons. The van der Waals surface area contributed by atoms with Gasteiger partial charge in [-0.05, 0) is 113 Å². The molecule has 7 heteroatoms. The second-order valence-corrected chi connectivity index (χ2v) is 15.1. The fourth-order valence-corrected chi connectivity index (χ4v) is 6.40. The lowest BCUT2D eigenvalue weighted by Crippen LogP contribution is -2.19. The van der Waals surface area contributed by atoms with Crippen LogP contribution in [0.2, 0.25) is 0 Å². The molecule has 0 bridgehead atoms. The van der Waals surface area contributed by atoms with Gasteiger partial charge in [-0.1, -0.05) is 116 Å². The van der Waals surface area contributed by atoms with Crippen LogP contribution >= 0.6 is 0 Å². The Hall–Kier alpha value is -4.52. The zero-order valence-corrected chi connectivity index (χ0v) is 32.5. The molecule has 0 unspecified atom stereocenters. The number of oxime groups is 1. The summed E-state index contributed by atoms with van der Waals surface area (Å²) in [5, 5.41) is 12.3. The first-order chi connectivity index (χ1) is 23.9. The highest BCUT2D eigenvalue weighted by Gasteiger charge is 2.27. The fourth-order valence-electron chi connectivity index (χ4n) is 6.40. The Morgan fingerprint density at radius 3 is 1.51 bits per heavy atom. The van der Waals surface area contributed by atoms with Crippen LogP contribution in [0.5, 0.6) is 0 Å². The summed E-state index contributed by atoms with van der Waals surface area (Å²) in [7, 11) is 0. The van der Waals surface area contributed by atoms with Gasteiger partial charge in [0.05, 0.1) is 6.42 Å². The quantitative estimate of drug-likeness (QED) is 0.0300. The number of ether oxygens (including phenoxy) is 2. The molecular formula is C44H59NO6.